The predicted octanol–water partition coefficient (Wildman–Crippen LogP) is 6.67. The Hall–Kier alpha value is -4.53. The zero-order valence-corrected chi connectivity index (χ0v) is 28.2. The van der Waals surface area contributed by atoms with Gasteiger partial charge in [0.15, 0.2) is 11.5 Å². The zero-order chi connectivity index (χ0) is 33.2. The Labute approximate surface area is 279 Å². The molecule has 1 aliphatic rings. The van der Waals surface area contributed by atoms with Crippen LogP contribution in [0.3, 0.4) is 0 Å². The lowest BCUT2D eigenvalue weighted by molar-refractivity contribution is -0.00722. The fraction of sp³-hybridized carbons (Fsp3) is 0.359. The molecule has 4 aromatic carbocycles. The van der Waals surface area contributed by atoms with Crippen molar-refractivity contribution in [2.45, 2.75) is 32.0 Å². The van der Waals surface area contributed by atoms with Gasteiger partial charge in [0.2, 0.25) is 5.75 Å². The molecule has 47 heavy (non-hydrogen) atoms. The lowest BCUT2D eigenvalue weighted by Gasteiger charge is -2.51. The van der Waals surface area contributed by atoms with Gasteiger partial charge in [0.1, 0.15) is 6.61 Å². The normalized spacial score (nSPS) is 15.6. The molecule has 8 nitrogen and oxygen atoms in total. The summed E-state index contributed by atoms with van der Waals surface area (Å²) >= 11 is 0. The average Bonchev–Trinajstić information content (AvgIpc) is 3.13. The van der Waals surface area contributed by atoms with E-state index in [1.54, 1.807) is 26.2 Å². The topological polar surface area (TPSA) is 63.7 Å². The first-order chi connectivity index (χ1) is 23.0. The molecule has 1 atom stereocenters. The van der Waals surface area contributed by atoms with Crippen LogP contribution in [0, 0.1) is 0 Å². The van der Waals surface area contributed by atoms with E-state index in [0.29, 0.717) is 43.4 Å². The molecule has 0 radical (unpaired) electrons. The molecule has 0 N–H and O–H groups in total. The highest BCUT2D eigenvalue weighted by Crippen LogP contribution is 2.44. The molecule has 8 heteroatoms. The Morgan fingerprint density at radius 2 is 1.23 bits per heavy atom. The van der Waals surface area contributed by atoms with Gasteiger partial charge in [-0.3, -0.25) is 9.80 Å². The molecule has 1 saturated heterocycles. The van der Waals surface area contributed by atoms with Gasteiger partial charge in [-0.1, -0.05) is 91.0 Å². The van der Waals surface area contributed by atoms with Crippen LogP contribution in [0.1, 0.15) is 36.1 Å². The van der Waals surface area contributed by atoms with Crippen LogP contribution < -0.4 is 14.2 Å². The molecular formula is C39H47N3O5. The van der Waals surface area contributed by atoms with Crippen LogP contribution in [0.15, 0.2) is 103 Å². The second-order valence-electron chi connectivity index (χ2n) is 11.7. The Morgan fingerprint density at radius 1 is 0.745 bits per heavy atom. The first-order valence-electron chi connectivity index (χ1n) is 16.4. The predicted molar refractivity (Wildman–Crippen MR) is 185 cm³/mol. The molecule has 248 valence electrons. The van der Waals surface area contributed by atoms with Gasteiger partial charge in [0.25, 0.3) is 0 Å². The molecule has 5 rings (SSSR count). The fourth-order valence-electron chi connectivity index (χ4n) is 6.85. The minimum absolute atomic E-state index is 0.0992. The first-order valence-corrected chi connectivity index (χ1v) is 16.4. The molecule has 4 aromatic rings. The summed E-state index contributed by atoms with van der Waals surface area (Å²) < 4.78 is 23.0. The SMILES string of the molecule is CCN(CC)C(=O)OCC1CN(C(c2ccccc2)(c2ccccc2)c2ccccc2)CCN1Cc1cc(OC)c(OC)c(OC)c1. The van der Waals surface area contributed by atoms with Crippen molar-refractivity contribution in [3.8, 4) is 17.2 Å². The van der Waals surface area contributed by atoms with Crippen LogP contribution in [0.4, 0.5) is 4.79 Å². The summed E-state index contributed by atoms with van der Waals surface area (Å²) in [6.45, 7) is 8.20. The van der Waals surface area contributed by atoms with Crippen molar-refractivity contribution < 1.29 is 23.7 Å². The number of hydrogen-bond acceptors (Lipinski definition) is 7. The molecule has 0 bridgehead atoms. The van der Waals surface area contributed by atoms with Crippen LogP contribution in [-0.4, -0.2) is 87.5 Å². The number of hydrogen-bond donors (Lipinski definition) is 0. The van der Waals surface area contributed by atoms with Crippen LogP contribution in [0.25, 0.3) is 0 Å². The Kier molecular flexibility index (Phi) is 11.4. The molecule has 0 saturated carbocycles. The van der Waals surface area contributed by atoms with E-state index in [4.69, 9.17) is 18.9 Å². The molecule has 0 aliphatic carbocycles. The van der Waals surface area contributed by atoms with Gasteiger partial charge in [-0.2, -0.15) is 0 Å². The second kappa shape index (κ2) is 15.8. The van der Waals surface area contributed by atoms with E-state index in [0.717, 1.165) is 18.7 Å². The lowest BCUT2D eigenvalue weighted by Crippen LogP contribution is -2.61. The number of ether oxygens (including phenoxy) is 4. The third-order valence-corrected chi connectivity index (χ3v) is 9.18. The Bertz CT molecular complexity index is 1440. The molecule has 1 fully saturated rings. The van der Waals surface area contributed by atoms with E-state index >= 15 is 0 Å². The third-order valence-electron chi connectivity index (χ3n) is 9.18. The molecule has 0 aromatic heterocycles. The number of piperazine rings is 1. The van der Waals surface area contributed by atoms with E-state index in [9.17, 15) is 4.79 Å². The van der Waals surface area contributed by atoms with Crippen molar-refractivity contribution in [1.29, 1.82) is 0 Å². The molecular weight excluding hydrogens is 590 g/mol. The smallest absolute Gasteiger partial charge is 0.409 e. The maximum Gasteiger partial charge on any atom is 0.409 e. The molecule has 1 unspecified atom stereocenters. The Morgan fingerprint density at radius 3 is 1.66 bits per heavy atom. The number of rotatable bonds is 13. The average molecular weight is 638 g/mol. The summed E-state index contributed by atoms with van der Waals surface area (Å²) in [5.74, 6) is 1.79. The number of amides is 1. The van der Waals surface area contributed by atoms with Gasteiger partial charge in [0.05, 0.1) is 32.9 Å². The van der Waals surface area contributed by atoms with Crippen molar-refractivity contribution >= 4 is 6.09 Å². The van der Waals surface area contributed by atoms with Gasteiger partial charge >= 0.3 is 6.09 Å². The van der Waals surface area contributed by atoms with Crippen molar-refractivity contribution in [2.24, 2.45) is 0 Å². The van der Waals surface area contributed by atoms with Gasteiger partial charge in [-0.25, -0.2) is 4.79 Å². The van der Waals surface area contributed by atoms with E-state index in [1.165, 1.54) is 16.7 Å². The number of carbonyl (C=O) groups excluding carboxylic acids is 1. The second-order valence-corrected chi connectivity index (χ2v) is 11.7. The van der Waals surface area contributed by atoms with Crippen LogP contribution in [-0.2, 0) is 16.8 Å². The standard InChI is InChI=1S/C39H47N3O5/c1-6-40(7-2)38(43)47-29-34-28-42(24-23-41(34)27-30-25-35(44-3)37(46-5)36(26-30)45-4)39(31-17-11-8-12-18-31,32-19-13-9-14-20-32)33-21-15-10-16-22-33/h8-22,25-26,34H,6-7,23-24,27-29H2,1-5H3. The van der Waals surface area contributed by atoms with Crippen molar-refractivity contribution in [2.75, 3.05) is 60.7 Å². The van der Waals surface area contributed by atoms with Crippen LogP contribution in [0.2, 0.25) is 0 Å². The molecule has 0 spiro atoms. The summed E-state index contributed by atoms with van der Waals surface area (Å²) in [4.78, 5) is 19.8. The summed E-state index contributed by atoms with van der Waals surface area (Å²) in [7, 11) is 4.87. The van der Waals surface area contributed by atoms with E-state index in [1.807, 2.05) is 26.0 Å². The number of carbonyl (C=O) groups is 1. The van der Waals surface area contributed by atoms with E-state index in [2.05, 4.69) is 101 Å². The van der Waals surface area contributed by atoms with E-state index < -0.39 is 5.54 Å². The first kappa shape index (κ1) is 33.8. The van der Waals surface area contributed by atoms with Gasteiger partial charge in [0, 0.05) is 39.3 Å². The number of nitrogens with zero attached hydrogens (tertiary/aromatic N) is 3. The monoisotopic (exact) mass is 637 g/mol. The van der Waals surface area contributed by atoms with Crippen molar-refractivity contribution in [1.82, 2.24) is 14.7 Å². The van der Waals surface area contributed by atoms with Gasteiger partial charge < -0.3 is 23.8 Å². The summed E-state index contributed by atoms with van der Waals surface area (Å²) in [6.07, 6.45) is -0.291. The highest BCUT2D eigenvalue weighted by molar-refractivity contribution is 5.67. The summed E-state index contributed by atoms with van der Waals surface area (Å²) in [5.41, 5.74) is 4.02. The molecule has 1 amide bonds. The van der Waals surface area contributed by atoms with Crippen LogP contribution in [0.5, 0.6) is 17.2 Å². The molecule has 1 heterocycles. The minimum atomic E-state index is -0.566. The molecule has 1 aliphatic heterocycles. The van der Waals surface area contributed by atoms with Gasteiger partial charge in [-0.05, 0) is 48.2 Å². The number of benzene rings is 4. The van der Waals surface area contributed by atoms with Gasteiger partial charge in [-0.15, -0.1) is 0 Å². The van der Waals surface area contributed by atoms with Crippen molar-refractivity contribution in [3.63, 3.8) is 0 Å². The van der Waals surface area contributed by atoms with E-state index in [-0.39, 0.29) is 18.7 Å². The summed E-state index contributed by atoms with van der Waals surface area (Å²) in [6, 6.07) is 36.1. The van der Waals surface area contributed by atoms with Crippen LogP contribution >= 0.6 is 0 Å². The quantitative estimate of drug-likeness (QED) is 0.152. The maximum atomic E-state index is 13.1. The van der Waals surface area contributed by atoms with Crippen molar-refractivity contribution in [3.05, 3.63) is 125 Å². The third kappa shape index (κ3) is 7.09. The fourth-order valence-corrected chi connectivity index (χ4v) is 6.85. The lowest BCUT2D eigenvalue weighted by atomic mass is 9.75. The Balaban J connectivity index is 1.57. The minimum Gasteiger partial charge on any atom is -0.493 e. The highest BCUT2D eigenvalue weighted by atomic mass is 16.6. The zero-order valence-electron chi connectivity index (χ0n) is 28.2. The number of methoxy groups -OCH3 is 3. The summed E-state index contributed by atoms with van der Waals surface area (Å²) in [5, 5.41) is 0. The largest absolute Gasteiger partial charge is 0.493 e. The highest BCUT2D eigenvalue weighted by Gasteiger charge is 2.45. The maximum absolute atomic E-state index is 13.1.